The van der Waals surface area contributed by atoms with E-state index in [0.29, 0.717) is 50.1 Å². The Labute approximate surface area is 152 Å². The van der Waals surface area contributed by atoms with E-state index in [0.717, 1.165) is 5.69 Å². The van der Waals surface area contributed by atoms with E-state index in [4.69, 9.17) is 21.7 Å². The van der Waals surface area contributed by atoms with Gasteiger partial charge in [0.2, 0.25) is 0 Å². The number of nitrogens with one attached hydrogen (secondary N) is 1. The summed E-state index contributed by atoms with van der Waals surface area (Å²) in [7, 11) is 0. The Balaban J connectivity index is 1.89. The first kappa shape index (κ1) is 19.0. The Bertz CT molecular complexity index is 630. The van der Waals surface area contributed by atoms with Gasteiger partial charge in [0.1, 0.15) is 0 Å². The van der Waals surface area contributed by atoms with E-state index >= 15 is 0 Å². The van der Waals surface area contributed by atoms with Gasteiger partial charge in [-0.3, -0.25) is 0 Å². The zero-order valence-corrected chi connectivity index (χ0v) is 15.3. The first-order valence-corrected chi connectivity index (χ1v) is 8.70. The van der Waals surface area contributed by atoms with E-state index in [1.54, 1.807) is 36.9 Å². The van der Waals surface area contributed by atoms with Gasteiger partial charge in [-0.15, -0.1) is 0 Å². The quantitative estimate of drug-likeness (QED) is 0.649. The van der Waals surface area contributed by atoms with Crippen LogP contribution in [0.25, 0.3) is 0 Å². The fourth-order valence-electron chi connectivity index (χ4n) is 2.45. The first-order valence-electron chi connectivity index (χ1n) is 8.30. The first-order chi connectivity index (χ1) is 12.0. The molecule has 0 spiro atoms. The molecule has 0 aromatic heterocycles. The van der Waals surface area contributed by atoms with Gasteiger partial charge in [-0.05, 0) is 44.3 Å². The second kappa shape index (κ2) is 9.22. The third-order valence-corrected chi connectivity index (χ3v) is 4.08. The molecule has 136 valence electrons. The largest absolute Gasteiger partial charge is 0.462 e. The van der Waals surface area contributed by atoms with Gasteiger partial charge < -0.3 is 24.6 Å². The number of hydrogen-bond acceptors (Lipinski definition) is 5. The number of thiocarbonyl (C=S) groups is 1. The molecule has 0 bridgehead atoms. The van der Waals surface area contributed by atoms with Crippen LogP contribution in [-0.4, -0.2) is 66.4 Å². The molecule has 0 saturated carbocycles. The minimum Gasteiger partial charge on any atom is -0.462 e. The number of carbonyl (C=O) groups excluding carboxylic acids is 2. The highest BCUT2D eigenvalue weighted by molar-refractivity contribution is 7.80. The van der Waals surface area contributed by atoms with Crippen LogP contribution in [0.3, 0.4) is 0 Å². The summed E-state index contributed by atoms with van der Waals surface area (Å²) < 4.78 is 10.0. The molecule has 0 aliphatic carbocycles. The molecule has 1 saturated heterocycles. The minimum atomic E-state index is -0.361. The number of benzene rings is 1. The van der Waals surface area contributed by atoms with Crippen molar-refractivity contribution in [3.8, 4) is 0 Å². The number of ether oxygens (including phenoxy) is 2. The predicted molar refractivity (Wildman–Crippen MR) is 98.8 cm³/mol. The molecule has 1 aromatic carbocycles. The normalized spacial score (nSPS) is 14.0. The number of carbonyl (C=O) groups is 2. The van der Waals surface area contributed by atoms with Crippen molar-refractivity contribution in [1.82, 2.24) is 9.80 Å². The highest BCUT2D eigenvalue weighted by atomic mass is 32.1. The summed E-state index contributed by atoms with van der Waals surface area (Å²) in [6.45, 7) is 6.63. The van der Waals surface area contributed by atoms with Gasteiger partial charge in [0.15, 0.2) is 5.11 Å². The van der Waals surface area contributed by atoms with Gasteiger partial charge in [0, 0.05) is 31.9 Å². The van der Waals surface area contributed by atoms with Crippen molar-refractivity contribution < 1.29 is 19.1 Å². The van der Waals surface area contributed by atoms with Crippen LogP contribution in [0.4, 0.5) is 10.5 Å². The van der Waals surface area contributed by atoms with Crippen LogP contribution in [0.15, 0.2) is 24.3 Å². The van der Waals surface area contributed by atoms with Crippen molar-refractivity contribution in [2.45, 2.75) is 13.8 Å². The van der Waals surface area contributed by atoms with Gasteiger partial charge in [-0.1, -0.05) is 6.07 Å². The van der Waals surface area contributed by atoms with Gasteiger partial charge in [-0.2, -0.15) is 0 Å². The van der Waals surface area contributed by atoms with E-state index in [1.807, 2.05) is 11.0 Å². The standard InChI is InChI=1S/C17H23N3O4S/c1-3-23-15(21)13-6-5-7-14(12-13)18-16(25)19-8-10-20(11-9-19)17(22)24-4-2/h5-7,12H,3-4,8-11H2,1-2H3,(H,18,25). The van der Waals surface area contributed by atoms with E-state index in [9.17, 15) is 9.59 Å². The lowest BCUT2D eigenvalue weighted by atomic mass is 10.2. The van der Waals surface area contributed by atoms with Crippen LogP contribution in [0.2, 0.25) is 0 Å². The van der Waals surface area contributed by atoms with Gasteiger partial charge in [-0.25, -0.2) is 9.59 Å². The summed E-state index contributed by atoms with van der Waals surface area (Å²) in [4.78, 5) is 27.2. The fraction of sp³-hybridized carbons (Fsp3) is 0.471. The van der Waals surface area contributed by atoms with Crippen molar-refractivity contribution in [2.24, 2.45) is 0 Å². The molecular formula is C17H23N3O4S. The van der Waals surface area contributed by atoms with Crippen LogP contribution >= 0.6 is 12.2 Å². The van der Waals surface area contributed by atoms with Crippen LogP contribution in [0.1, 0.15) is 24.2 Å². The highest BCUT2D eigenvalue weighted by Crippen LogP contribution is 2.14. The summed E-state index contributed by atoms with van der Waals surface area (Å²) in [6, 6.07) is 7.02. The van der Waals surface area contributed by atoms with Crippen LogP contribution in [0, 0.1) is 0 Å². The zero-order valence-electron chi connectivity index (χ0n) is 14.5. The summed E-state index contributed by atoms with van der Waals surface area (Å²) >= 11 is 5.44. The number of hydrogen-bond donors (Lipinski definition) is 1. The Hall–Kier alpha value is -2.35. The van der Waals surface area contributed by atoms with Crippen molar-refractivity contribution in [1.29, 1.82) is 0 Å². The lowest BCUT2D eigenvalue weighted by molar-refractivity contribution is 0.0526. The Morgan fingerprint density at radius 2 is 1.72 bits per heavy atom. The predicted octanol–water partition coefficient (Wildman–Crippen LogP) is 2.33. The second-order valence-electron chi connectivity index (χ2n) is 5.40. The van der Waals surface area contributed by atoms with Crippen molar-refractivity contribution in [3.05, 3.63) is 29.8 Å². The molecule has 8 heteroatoms. The lowest BCUT2D eigenvalue weighted by Crippen LogP contribution is -2.51. The lowest BCUT2D eigenvalue weighted by Gasteiger charge is -2.35. The maximum absolute atomic E-state index is 11.8. The van der Waals surface area contributed by atoms with Crippen molar-refractivity contribution >= 4 is 35.1 Å². The molecule has 0 atom stereocenters. The third-order valence-electron chi connectivity index (χ3n) is 3.72. The maximum atomic E-state index is 11.8. The van der Waals surface area contributed by atoms with E-state index in [1.165, 1.54) is 0 Å². The number of amides is 1. The molecule has 1 amide bonds. The van der Waals surface area contributed by atoms with Crippen molar-refractivity contribution in [2.75, 3.05) is 44.7 Å². The molecule has 1 aliphatic heterocycles. The third kappa shape index (κ3) is 5.32. The molecule has 7 nitrogen and oxygen atoms in total. The maximum Gasteiger partial charge on any atom is 0.409 e. The van der Waals surface area contributed by atoms with Crippen LogP contribution in [-0.2, 0) is 9.47 Å². The summed E-state index contributed by atoms with van der Waals surface area (Å²) in [5.74, 6) is -0.361. The molecule has 1 N–H and O–H groups in total. The minimum absolute atomic E-state index is 0.289. The van der Waals surface area contributed by atoms with E-state index in [-0.39, 0.29) is 12.1 Å². The molecule has 0 unspecified atom stereocenters. The van der Waals surface area contributed by atoms with Gasteiger partial charge in [0.05, 0.1) is 18.8 Å². The monoisotopic (exact) mass is 365 g/mol. The average Bonchev–Trinajstić information content (AvgIpc) is 2.62. The number of esters is 1. The zero-order chi connectivity index (χ0) is 18.2. The number of rotatable bonds is 4. The van der Waals surface area contributed by atoms with Crippen molar-refractivity contribution in [3.63, 3.8) is 0 Å². The second-order valence-corrected chi connectivity index (χ2v) is 5.79. The topological polar surface area (TPSA) is 71.1 Å². The Morgan fingerprint density at radius 1 is 1.08 bits per heavy atom. The molecule has 1 fully saturated rings. The van der Waals surface area contributed by atoms with Gasteiger partial charge in [0.25, 0.3) is 0 Å². The average molecular weight is 365 g/mol. The Morgan fingerprint density at radius 3 is 2.36 bits per heavy atom. The molecule has 2 rings (SSSR count). The number of anilines is 1. The number of piperazine rings is 1. The summed E-state index contributed by atoms with van der Waals surface area (Å²) in [5.41, 5.74) is 1.20. The SMILES string of the molecule is CCOC(=O)c1cccc(NC(=S)N2CCN(C(=O)OCC)CC2)c1. The molecular weight excluding hydrogens is 342 g/mol. The highest BCUT2D eigenvalue weighted by Gasteiger charge is 2.23. The van der Waals surface area contributed by atoms with Crippen LogP contribution in [0.5, 0.6) is 0 Å². The molecule has 1 heterocycles. The number of nitrogens with zero attached hydrogens (tertiary/aromatic N) is 2. The smallest absolute Gasteiger partial charge is 0.409 e. The molecule has 25 heavy (non-hydrogen) atoms. The van der Waals surface area contributed by atoms with E-state index < -0.39 is 0 Å². The summed E-state index contributed by atoms with van der Waals surface area (Å²) in [5, 5.41) is 3.69. The fourth-order valence-corrected chi connectivity index (χ4v) is 2.75. The van der Waals surface area contributed by atoms with Crippen LogP contribution < -0.4 is 5.32 Å². The van der Waals surface area contributed by atoms with E-state index in [2.05, 4.69) is 5.32 Å². The summed E-state index contributed by atoms with van der Waals surface area (Å²) in [6.07, 6.45) is -0.289. The molecule has 1 aliphatic rings. The molecule has 0 radical (unpaired) electrons. The molecule has 1 aromatic rings. The van der Waals surface area contributed by atoms with Gasteiger partial charge >= 0.3 is 12.1 Å². The Kier molecular flexibility index (Phi) is 7.00.